The van der Waals surface area contributed by atoms with Gasteiger partial charge in [-0.25, -0.2) is 0 Å². The zero-order valence-electron chi connectivity index (χ0n) is 10.2. The van der Waals surface area contributed by atoms with E-state index in [1.165, 1.54) is 0 Å². The molecule has 0 spiro atoms. The number of likely N-dealkylation sites (tertiary alicyclic amines) is 1. The molecule has 0 radical (unpaired) electrons. The molecule has 1 heterocycles. The third kappa shape index (κ3) is 3.18. The highest BCUT2D eigenvalue weighted by molar-refractivity contribution is 9.10. The molecule has 1 aromatic carbocycles. The highest BCUT2D eigenvalue weighted by Gasteiger charge is 2.24. The number of benzene rings is 1. The monoisotopic (exact) mass is 331 g/mol. The van der Waals surface area contributed by atoms with E-state index < -0.39 is 6.10 Å². The molecular weight excluding hydrogens is 318 g/mol. The Kier molecular flexibility index (Phi) is 4.51. The lowest BCUT2D eigenvalue weighted by Gasteiger charge is -2.21. The van der Waals surface area contributed by atoms with Gasteiger partial charge in [0.1, 0.15) is 5.75 Å². The fourth-order valence-corrected chi connectivity index (χ4v) is 2.78. The number of carbonyl (C=O) groups is 1. The van der Waals surface area contributed by atoms with Crippen molar-refractivity contribution < 1.29 is 9.53 Å². The van der Waals surface area contributed by atoms with E-state index in [9.17, 15) is 4.79 Å². The predicted molar refractivity (Wildman–Crippen MR) is 75.1 cm³/mol. The van der Waals surface area contributed by atoms with Crippen LogP contribution in [-0.4, -0.2) is 30.0 Å². The first-order valence-electron chi connectivity index (χ1n) is 5.98. The van der Waals surface area contributed by atoms with E-state index in [2.05, 4.69) is 15.9 Å². The van der Waals surface area contributed by atoms with Gasteiger partial charge in [0.25, 0.3) is 5.91 Å². The van der Waals surface area contributed by atoms with Gasteiger partial charge in [-0.2, -0.15) is 0 Å². The fourth-order valence-electron chi connectivity index (χ4n) is 2.01. The van der Waals surface area contributed by atoms with Crippen LogP contribution in [0.15, 0.2) is 22.7 Å². The van der Waals surface area contributed by atoms with Gasteiger partial charge in [-0.3, -0.25) is 4.79 Å². The molecule has 1 aliphatic rings. The van der Waals surface area contributed by atoms with E-state index in [4.69, 9.17) is 16.3 Å². The first-order chi connectivity index (χ1) is 8.58. The van der Waals surface area contributed by atoms with Gasteiger partial charge in [0.05, 0.1) is 4.47 Å². The molecule has 0 bridgehead atoms. The van der Waals surface area contributed by atoms with Crippen LogP contribution >= 0.6 is 27.5 Å². The highest BCUT2D eigenvalue weighted by atomic mass is 79.9. The molecule has 0 unspecified atom stereocenters. The van der Waals surface area contributed by atoms with Crippen molar-refractivity contribution in [2.45, 2.75) is 25.9 Å². The maximum absolute atomic E-state index is 12.1. The molecule has 0 aliphatic carbocycles. The molecule has 2 rings (SSSR count). The van der Waals surface area contributed by atoms with Crippen LogP contribution in [0.3, 0.4) is 0 Å². The summed E-state index contributed by atoms with van der Waals surface area (Å²) in [5.74, 6) is 0.689. The number of rotatable bonds is 3. The standard InChI is InChI=1S/C13H15BrClNO2/c1-9(13(17)16-6-2-3-7-16)18-12-5-4-10(15)8-11(12)14/h4-5,8-9H,2-3,6-7H2,1H3/t9-/m0/s1. The van der Waals surface area contributed by atoms with Crippen LogP contribution in [0.4, 0.5) is 0 Å². The second kappa shape index (κ2) is 5.93. The Morgan fingerprint density at radius 2 is 2.11 bits per heavy atom. The van der Waals surface area contributed by atoms with Gasteiger partial charge in [-0.15, -0.1) is 0 Å². The number of ether oxygens (including phenoxy) is 1. The number of halogens is 2. The summed E-state index contributed by atoms with van der Waals surface area (Å²) >= 11 is 9.23. The minimum atomic E-state index is -0.472. The van der Waals surface area contributed by atoms with Crippen molar-refractivity contribution in [3.05, 3.63) is 27.7 Å². The molecule has 1 aliphatic heterocycles. The molecular formula is C13H15BrClNO2. The molecule has 98 valence electrons. The number of nitrogens with zero attached hydrogens (tertiary/aromatic N) is 1. The van der Waals surface area contributed by atoms with Crippen LogP contribution in [0, 0.1) is 0 Å². The van der Waals surface area contributed by atoms with Gasteiger partial charge >= 0.3 is 0 Å². The summed E-state index contributed by atoms with van der Waals surface area (Å²) in [6.45, 7) is 3.46. The summed E-state index contributed by atoms with van der Waals surface area (Å²) in [7, 11) is 0. The average Bonchev–Trinajstić information content (AvgIpc) is 2.85. The lowest BCUT2D eigenvalue weighted by atomic mass is 10.3. The van der Waals surface area contributed by atoms with Crippen LogP contribution in [0.2, 0.25) is 5.02 Å². The van der Waals surface area contributed by atoms with Gasteiger partial charge in [0.2, 0.25) is 0 Å². The van der Waals surface area contributed by atoms with E-state index in [-0.39, 0.29) is 5.91 Å². The normalized spacial score (nSPS) is 16.7. The molecule has 1 fully saturated rings. The topological polar surface area (TPSA) is 29.5 Å². The summed E-state index contributed by atoms with van der Waals surface area (Å²) < 4.78 is 6.44. The smallest absolute Gasteiger partial charge is 0.263 e. The number of hydrogen-bond acceptors (Lipinski definition) is 2. The van der Waals surface area contributed by atoms with Gasteiger partial charge in [-0.1, -0.05) is 11.6 Å². The first-order valence-corrected chi connectivity index (χ1v) is 7.15. The van der Waals surface area contributed by atoms with Gasteiger partial charge < -0.3 is 9.64 Å². The fraction of sp³-hybridized carbons (Fsp3) is 0.462. The van der Waals surface area contributed by atoms with E-state index in [0.29, 0.717) is 10.8 Å². The van der Waals surface area contributed by atoms with E-state index in [0.717, 1.165) is 30.4 Å². The summed E-state index contributed by atoms with van der Waals surface area (Å²) in [5, 5.41) is 0.632. The van der Waals surface area contributed by atoms with E-state index >= 15 is 0 Å². The Labute approximate surface area is 120 Å². The second-order valence-electron chi connectivity index (χ2n) is 4.37. The Morgan fingerprint density at radius 3 is 2.72 bits per heavy atom. The van der Waals surface area contributed by atoms with Crippen molar-refractivity contribution in [2.24, 2.45) is 0 Å². The van der Waals surface area contributed by atoms with Crippen molar-refractivity contribution in [2.75, 3.05) is 13.1 Å². The summed E-state index contributed by atoms with van der Waals surface area (Å²) in [4.78, 5) is 13.9. The molecule has 1 atom stereocenters. The lowest BCUT2D eigenvalue weighted by Crippen LogP contribution is -2.38. The Hall–Kier alpha value is -0.740. The maximum atomic E-state index is 12.1. The SMILES string of the molecule is C[C@H](Oc1ccc(Cl)cc1Br)C(=O)N1CCCC1. The second-order valence-corrected chi connectivity index (χ2v) is 5.66. The Morgan fingerprint density at radius 1 is 1.44 bits per heavy atom. The minimum absolute atomic E-state index is 0.0503. The average molecular weight is 333 g/mol. The molecule has 5 heteroatoms. The Bertz CT molecular complexity index is 447. The highest BCUT2D eigenvalue weighted by Crippen LogP contribution is 2.29. The molecule has 0 N–H and O–H groups in total. The van der Waals surface area contributed by atoms with E-state index in [1.807, 2.05) is 4.90 Å². The molecule has 1 amide bonds. The van der Waals surface area contributed by atoms with Gasteiger partial charge in [0.15, 0.2) is 6.10 Å². The molecule has 3 nitrogen and oxygen atoms in total. The number of carbonyl (C=O) groups excluding carboxylic acids is 1. The zero-order valence-corrected chi connectivity index (χ0v) is 12.5. The summed E-state index contributed by atoms with van der Waals surface area (Å²) in [6.07, 6.45) is 1.70. The lowest BCUT2D eigenvalue weighted by molar-refractivity contribution is -0.136. The molecule has 1 aromatic rings. The van der Waals surface area contributed by atoms with Crippen molar-refractivity contribution in [3.63, 3.8) is 0 Å². The van der Waals surface area contributed by atoms with Crippen molar-refractivity contribution in [1.82, 2.24) is 4.90 Å². The van der Waals surface area contributed by atoms with Gasteiger partial charge in [0, 0.05) is 18.1 Å². The predicted octanol–water partition coefficient (Wildman–Crippen LogP) is 3.49. The molecule has 0 saturated carbocycles. The van der Waals surface area contributed by atoms with Gasteiger partial charge in [-0.05, 0) is 53.9 Å². The quantitative estimate of drug-likeness (QED) is 0.848. The number of hydrogen-bond donors (Lipinski definition) is 0. The minimum Gasteiger partial charge on any atom is -0.480 e. The third-order valence-electron chi connectivity index (χ3n) is 2.96. The van der Waals surface area contributed by atoms with Crippen molar-refractivity contribution >= 4 is 33.4 Å². The largest absolute Gasteiger partial charge is 0.480 e. The van der Waals surface area contributed by atoms with Crippen LogP contribution in [-0.2, 0) is 4.79 Å². The number of amides is 1. The van der Waals surface area contributed by atoms with Crippen LogP contribution in [0.1, 0.15) is 19.8 Å². The molecule has 1 saturated heterocycles. The van der Waals surface area contributed by atoms with E-state index in [1.54, 1.807) is 25.1 Å². The molecule has 0 aromatic heterocycles. The van der Waals surface area contributed by atoms with Crippen LogP contribution < -0.4 is 4.74 Å². The van der Waals surface area contributed by atoms with Crippen molar-refractivity contribution in [3.8, 4) is 5.75 Å². The van der Waals surface area contributed by atoms with Crippen LogP contribution in [0.5, 0.6) is 5.75 Å². The van der Waals surface area contributed by atoms with Crippen molar-refractivity contribution in [1.29, 1.82) is 0 Å². The maximum Gasteiger partial charge on any atom is 0.263 e. The summed E-state index contributed by atoms with van der Waals surface area (Å²) in [6, 6.07) is 5.26. The third-order valence-corrected chi connectivity index (χ3v) is 3.82. The zero-order chi connectivity index (χ0) is 13.1. The first kappa shape index (κ1) is 13.7. The molecule has 18 heavy (non-hydrogen) atoms. The van der Waals surface area contributed by atoms with Crippen LogP contribution in [0.25, 0.3) is 0 Å². The Balaban J connectivity index is 2.01. The summed E-state index contributed by atoms with van der Waals surface area (Å²) in [5.41, 5.74) is 0.